The number of rotatable bonds is 13. The molecule has 0 amide bonds. The highest BCUT2D eigenvalue weighted by atomic mass is 28.4. The Bertz CT molecular complexity index is 175. The van der Waals surface area contributed by atoms with Gasteiger partial charge in [0.15, 0.2) is 17.4 Å². The van der Waals surface area contributed by atoms with Gasteiger partial charge < -0.3 is 4.12 Å². The topological polar surface area (TPSA) is 9.23 Å². The van der Waals surface area contributed by atoms with Crippen LogP contribution in [0.15, 0.2) is 0 Å². The molecule has 0 aromatic carbocycles. The maximum absolute atomic E-state index is 6.86. The van der Waals surface area contributed by atoms with Crippen LogP contribution in [-0.4, -0.2) is 17.4 Å². The molecule has 0 aromatic heterocycles. The number of unbranched alkanes of at least 4 members (excludes halogenated alkanes) is 4. The zero-order valence-electron chi connectivity index (χ0n) is 14.3. The van der Waals surface area contributed by atoms with Gasteiger partial charge in [-0.15, -0.1) is 0 Å². The van der Waals surface area contributed by atoms with Gasteiger partial charge in [-0.2, -0.15) is 0 Å². The van der Waals surface area contributed by atoms with E-state index in [2.05, 4.69) is 34.6 Å². The van der Waals surface area contributed by atoms with E-state index in [1.165, 1.54) is 68.7 Å². The van der Waals surface area contributed by atoms with Gasteiger partial charge in [0, 0.05) is 0 Å². The fourth-order valence-corrected chi connectivity index (χ4v) is 11.9. The Labute approximate surface area is 125 Å². The van der Waals surface area contributed by atoms with Gasteiger partial charge in [-0.3, -0.25) is 0 Å². The van der Waals surface area contributed by atoms with Gasteiger partial charge in [0.2, 0.25) is 0 Å². The minimum atomic E-state index is -1.34. The zero-order chi connectivity index (χ0) is 14.6. The van der Waals surface area contributed by atoms with Gasteiger partial charge in [0.1, 0.15) is 0 Å². The zero-order valence-corrected chi connectivity index (χ0v) is 16.4. The third-order valence-corrected chi connectivity index (χ3v) is 13.9. The van der Waals surface area contributed by atoms with E-state index in [1.54, 1.807) is 0 Å². The highest BCUT2D eigenvalue weighted by molar-refractivity contribution is 6.80. The van der Waals surface area contributed by atoms with Crippen LogP contribution in [0.3, 0.4) is 0 Å². The first-order valence-electron chi connectivity index (χ1n) is 8.85. The average molecular weight is 303 g/mol. The van der Waals surface area contributed by atoms with Crippen LogP contribution in [-0.2, 0) is 4.12 Å². The lowest BCUT2D eigenvalue weighted by atomic mass is 10.3. The molecule has 0 radical (unpaired) electrons. The predicted molar refractivity (Wildman–Crippen MR) is 94.1 cm³/mol. The average Bonchev–Trinajstić information content (AvgIpc) is 2.45. The Balaban J connectivity index is 4.35. The van der Waals surface area contributed by atoms with Gasteiger partial charge in [-0.25, -0.2) is 0 Å². The fourth-order valence-electron chi connectivity index (χ4n) is 2.86. The van der Waals surface area contributed by atoms with Crippen molar-refractivity contribution in [1.29, 1.82) is 0 Å². The molecule has 0 heterocycles. The molecule has 0 atom stereocenters. The first kappa shape index (κ1) is 19.4. The van der Waals surface area contributed by atoms with Crippen molar-refractivity contribution in [3.8, 4) is 0 Å². The molecule has 0 fully saturated rings. The van der Waals surface area contributed by atoms with E-state index < -0.39 is 17.4 Å². The lowest BCUT2D eigenvalue weighted by Gasteiger charge is -2.33. The number of hydrogen-bond donors (Lipinski definition) is 0. The summed E-state index contributed by atoms with van der Waals surface area (Å²) in [6.07, 6.45) is 8.32. The second-order valence-electron chi connectivity index (χ2n) is 5.98. The number of hydrogen-bond acceptors (Lipinski definition) is 1. The van der Waals surface area contributed by atoms with Crippen molar-refractivity contribution in [2.45, 2.75) is 103 Å². The summed E-state index contributed by atoms with van der Waals surface area (Å²) in [5.74, 6) is 0. The highest BCUT2D eigenvalue weighted by Crippen LogP contribution is 2.26. The van der Waals surface area contributed by atoms with E-state index in [-0.39, 0.29) is 0 Å². The van der Waals surface area contributed by atoms with Crippen molar-refractivity contribution in [2.75, 3.05) is 0 Å². The van der Waals surface area contributed by atoms with Crippen LogP contribution >= 0.6 is 0 Å². The summed E-state index contributed by atoms with van der Waals surface area (Å²) < 4.78 is 6.86. The van der Waals surface area contributed by atoms with E-state index in [9.17, 15) is 0 Å². The third kappa shape index (κ3) is 8.31. The van der Waals surface area contributed by atoms with Crippen molar-refractivity contribution >= 4 is 17.4 Å². The molecule has 0 spiro atoms. The molecular weight excluding hydrogens is 264 g/mol. The minimum Gasteiger partial charge on any atom is -0.457 e. The predicted octanol–water partition coefficient (Wildman–Crippen LogP) is 6.11. The molecule has 0 saturated heterocycles. The van der Waals surface area contributed by atoms with Gasteiger partial charge in [0.25, 0.3) is 0 Å². The Morgan fingerprint density at radius 3 is 1.42 bits per heavy atom. The summed E-state index contributed by atoms with van der Waals surface area (Å²) in [5, 5.41) is 0. The van der Waals surface area contributed by atoms with Crippen LogP contribution in [0.2, 0.25) is 30.2 Å². The summed E-state index contributed by atoms with van der Waals surface area (Å²) in [6, 6.07) is 6.85. The highest BCUT2D eigenvalue weighted by Gasteiger charge is 2.31. The molecule has 0 aliphatic heterocycles. The Morgan fingerprint density at radius 1 is 0.684 bits per heavy atom. The van der Waals surface area contributed by atoms with Crippen molar-refractivity contribution in [2.24, 2.45) is 0 Å². The standard InChI is InChI=1S/C16H38OSi2/c1-6-11-13-15-18(16-14-12-7-2)17-19(8-3,9-4)10-5/h18H,6-16H2,1-5H3. The summed E-state index contributed by atoms with van der Waals surface area (Å²) >= 11 is 0. The van der Waals surface area contributed by atoms with E-state index in [4.69, 9.17) is 4.12 Å². The second-order valence-corrected chi connectivity index (χ2v) is 13.8. The van der Waals surface area contributed by atoms with Gasteiger partial charge in [-0.05, 0) is 30.2 Å². The lowest BCUT2D eigenvalue weighted by molar-refractivity contribution is 0.526. The molecule has 1 nitrogen and oxygen atoms in total. The van der Waals surface area contributed by atoms with E-state index in [1.807, 2.05) is 0 Å². The molecule has 0 aliphatic rings. The lowest BCUT2D eigenvalue weighted by Crippen LogP contribution is -2.41. The Kier molecular flexibility index (Phi) is 12.4. The van der Waals surface area contributed by atoms with Crippen molar-refractivity contribution in [1.82, 2.24) is 0 Å². The van der Waals surface area contributed by atoms with Gasteiger partial charge in [0.05, 0.1) is 0 Å². The molecule has 0 rings (SSSR count). The van der Waals surface area contributed by atoms with Gasteiger partial charge >= 0.3 is 0 Å². The van der Waals surface area contributed by atoms with Crippen LogP contribution in [0.5, 0.6) is 0 Å². The maximum atomic E-state index is 6.86. The molecule has 0 aromatic rings. The summed E-state index contributed by atoms with van der Waals surface area (Å²) in [4.78, 5) is 0. The van der Waals surface area contributed by atoms with Gasteiger partial charge in [-0.1, -0.05) is 73.1 Å². The Hall–Kier alpha value is 0.394. The summed E-state index contributed by atoms with van der Waals surface area (Å²) in [6.45, 7) is 11.7. The summed E-state index contributed by atoms with van der Waals surface area (Å²) in [5.41, 5.74) is 0. The van der Waals surface area contributed by atoms with E-state index in [0.717, 1.165) is 0 Å². The molecule has 3 heteroatoms. The Morgan fingerprint density at radius 2 is 1.11 bits per heavy atom. The maximum Gasteiger partial charge on any atom is 0.178 e. The fraction of sp³-hybridized carbons (Fsp3) is 1.00. The van der Waals surface area contributed by atoms with Crippen molar-refractivity contribution in [3.05, 3.63) is 0 Å². The smallest absolute Gasteiger partial charge is 0.178 e. The third-order valence-electron chi connectivity index (χ3n) is 4.61. The van der Waals surface area contributed by atoms with E-state index >= 15 is 0 Å². The molecule has 0 unspecified atom stereocenters. The molecule has 0 saturated carbocycles. The minimum absolute atomic E-state index is 0.913. The summed E-state index contributed by atoms with van der Waals surface area (Å²) in [7, 11) is -2.25. The normalized spacial score (nSPS) is 12.3. The van der Waals surface area contributed by atoms with Crippen LogP contribution < -0.4 is 0 Å². The molecular formula is C16H38OSi2. The first-order valence-corrected chi connectivity index (χ1v) is 13.5. The van der Waals surface area contributed by atoms with Crippen molar-refractivity contribution < 1.29 is 4.12 Å². The van der Waals surface area contributed by atoms with Crippen LogP contribution in [0.1, 0.15) is 73.1 Å². The quantitative estimate of drug-likeness (QED) is 0.294. The molecule has 0 aliphatic carbocycles. The monoisotopic (exact) mass is 302 g/mol. The molecule has 0 bridgehead atoms. The molecule has 19 heavy (non-hydrogen) atoms. The van der Waals surface area contributed by atoms with E-state index in [0.29, 0.717) is 0 Å². The van der Waals surface area contributed by atoms with Crippen LogP contribution in [0.25, 0.3) is 0 Å². The molecule has 116 valence electrons. The van der Waals surface area contributed by atoms with Crippen LogP contribution in [0, 0.1) is 0 Å². The molecule has 0 N–H and O–H groups in total. The van der Waals surface area contributed by atoms with Crippen molar-refractivity contribution in [3.63, 3.8) is 0 Å². The second kappa shape index (κ2) is 12.2. The largest absolute Gasteiger partial charge is 0.457 e. The van der Waals surface area contributed by atoms with Crippen LogP contribution in [0.4, 0.5) is 0 Å². The first-order chi connectivity index (χ1) is 9.17. The SMILES string of the molecule is CCCCC[SiH](CCCCC)O[Si](CC)(CC)CC.